The minimum Gasteiger partial charge on any atom is -0.449 e. The number of carbonyl (C=O) groups is 1. The van der Waals surface area contributed by atoms with Crippen LogP contribution in [0.2, 0.25) is 10.2 Å². The van der Waals surface area contributed by atoms with Gasteiger partial charge in [-0.1, -0.05) is 23.2 Å². The molecule has 1 atom stereocenters. The van der Waals surface area contributed by atoms with Gasteiger partial charge in [0.25, 0.3) is 11.6 Å². The second-order valence-corrected chi connectivity index (χ2v) is 6.06. The molecule has 138 valence electrons. The second-order valence-electron chi connectivity index (χ2n) is 5.29. The number of rotatable bonds is 5. The monoisotopic (exact) mass is 408 g/mol. The van der Waals surface area contributed by atoms with Crippen molar-refractivity contribution >= 4 is 34.9 Å². The van der Waals surface area contributed by atoms with Gasteiger partial charge in [-0.05, 0) is 25.1 Å². The molecule has 0 fully saturated rings. The van der Waals surface area contributed by atoms with Crippen LogP contribution in [0.1, 0.15) is 29.3 Å². The molecule has 1 aromatic carbocycles. The SMILES string of the molecule is C[C@H](OC(=O)c1cnc(Cl)c(Cl)c1)c1nnc(-c2ccc([N+](=O)[O-])cc2)o1. The highest BCUT2D eigenvalue weighted by Gasteiger charge is 2.21. The molecule has 0 aliphatic rings. The third-order valence-corrected chi connectivity index (χ3v) is 4.12. The van der Waals surface area contributed by atoms with Crippen molar-refractivity contribution in [3.8, 4) is 11.5 Å². The summed E-state index contributed by atoms with van der Waals surface area (Å²) < 4.78 is 10.7. The lowest BCUT2D eigenvalue weighted by molar-refractivity contribution is -0.384. The molecule has 27 heavy (non-hydrogen) atoms. The molecule has 2 heterocycles. The van der Waals surface area contributed by atoms with Gasteiger partial charge in [-0.3, -0.25) is 10.1 Å². The number of esters is 1. The Morgan fingerprint density at radius 2 is 1.96 bits per heavy atom. The molecule has 0 N–H and O–H groups in total. The number of hydrogen-bond acceptors (Lipinski definition) is 8. The number of nitro groups is 1. The molecule has 0 amide bonds. The summed E-state index contributed by atoms with van der Waals surface area (Å²) in [7, 11) is 0. The van der Waals surface area contributed by atoms with E-state index in [1.165, 1.54) is 36.5 Å². The zero-order valence-electron chi connectivity index (χ0n) is 13.6. The Hall–Kier alpha value is -3.04. The maximum atomic E-state index is 12.2. The number of carbonyl (C=O) groups excluding carboxylic acids is 1. The standard InChI is InChI=1S/C16H10Cl2N4O5/c1-8(26-16(23)10-6-12(17)13(18)19-7-10)14-20-21-15(27-14)9-2-4-11(5-3-9)22(24)25/h2-8H,1H3/t8-/m0/s1. The number of hydrogen-bond donors (Lipinski definition) is 0. The zero-order valence-corrected chi connectivity index (χ0v) is 15.1. The predicted octanol–water partition coefficient (Wildman–Crippen LogP) is 4.26. The molecular formula is C16H10Cl2N4O5. The first-order valence-corrected chi connectivity index (χ1v) is 8.21. The molecule has 0 aliphatic heterocycles. The number of non-ortho nitro benzene ring substituents is 1. The lowest BCUT2D eigenvalue weighted by Crippen LogP contribution is -2.10. The Morgan fingerprint density at radius 1 is 1.26 bits per heavy atom. The molecule has 0 saturated heterocycles. The topological polar surface area (TPSA) is 121 Å². The lowest BCUT2D eigenvalue weighted by atomic mass is 10.2. The van der Waals surface area contributed by atoms with E-state index in [9.17, 15) is 14.9 Å². The summed E-state index contributed by atoms with van der Waals surface area (Å²) in [5.74, 6) is -0.493. The van der Waals surface area contributed by atoms with E-state index in [-0.39, 0.29) is 33.2 Å². The minimum atomic E-state index is -0.841. The summed E-state index contributed by atoms with van der Waals surface area (Å²) in [5, 5.41) is 18.6. The van der Waals surface area contributed by atoms with Crippen molar-refractivity contribution in [3.05, 3.63) is 68.3 Å². The first kappa shape index (κ1) is 18.7. The van der Waals surface area contributed by atoms with Crippen LogP contribution in [0.4, 0.5) is 5.69 Å². The second kappa shape index (κ2) is 7.68. The first-order chi connectivity index (χ1) is 12.8. The number of halogens is 2. The van der Waals surface area contributed by atoms with Crippen molar-refractivity contribution in [1.82, 2.24) is 15.2 Å². The zero-order chi connectivity index (χ0) is 19.6. The van der Waals surface area contributed by atoms with Gasteiger partial charge in [-0.2, -0.15) is 0 Å². The highest BCUT2D eigenvalue weighted by atomic mass is 35.5. The van der Waals surface area contributed by atoms with E-state index >= 15 is 0 Å². The van der Waals surface area contributed by atoms with E-state index < -0.39 is 17.0 Å². The van der Waals surface area contributed by atoms with Gasteiger partial charge in [0.1, 0.15) is 5.15 Å². The van der Waals surface area contributed by atoms with Crippen LogP contribution in [0.3, 0.4) is 0 Å². The molecule has 0 bridgehead atoms. The van der Waals surface area contributed by atoms with Crippen LogP contribution in [-0.4, -0.2) is 26.1 Å². The van der Waals surface area contributed by atoms with Gasteiger partial charge in [0.15, 0.2) is 6.10 Å². The molecule has 0 saturated carbocycles. The molecule has 3 rings (SSSR count). The molecule has 3 aromatic rings. The van der Waals surface area contributed by atoms with Crippen LogP contribution in [0.15, 0.2) is 40.9 Å². The van der Waals surface area contributed by atoms with E-state index in [0.717, 1.165) is 0 Å². The van der Waals surface area contributed by atoms with Crippen LogP contribution in [0.5, 0.6) is 0 Å². The fourth-order valence-corrected chi connectivity index (χ4v) is 2.32. The van der Waals surface area contributed by atoms with Crippen LogP contribution < -0.4 is 0 Å². The largest absolute Gasteiger partial charge is 0.449 e. The average Bonchev–Trinajstić information content (AvgIpc) is 3.14. The predicted molar refractivity (Wildman–Crippen MR) is 94.5 cm³/mol. The number of nitro benzene ring substituents is 1. The number of nitrogens with zero attached hydrogens (tertiary/aromatic N) is 4. The van der Waals surface area contributed by atoms with Gasteiger partial charge >= 0.3 is 5.97 Å². The Morgan fingerprint density at radius 3 is 2.59 bits per heavy atom. The molecule has 0 unspecified atom stereocenters. The molecule has 0 aliphatic carbocycles. The third kappa shape index (κ3) is 4.21. The molecule has 2 aromatic heterocycles. The molecule has 0 spiro atoms. The number of pyridine rings is 1. The van der Waals surface area contributed by atoms with Gasteiger partial charge in [0.05, 0.1) is 15.5 Å². The van der Waals surface area contributed by atoms with Crippen molar-refractivity contribution in [2.75, 3.05) is 0 Å². The van der Waals surface area contributed by atoms with Crippen LogP contribution in [0.25, 0.3) is 11.5 Å². The van der Waals surface area contributed by atoms with Crippen LogP contribution in [-0.2, 0) is 4.74 Å². The van der Waals surface area contributed by atoms with Crippen molar-refractivity contribution < 1.29 is 18.9 Å². The molecule has 11 heteroatoms. The average molecular weight is 409 g/mol. The third-order valence-electron chi connectivity index (χ3n) is 3.43. The van der Waals surface area contributed by atoms with Gasteiger partial charge in [-0.15, -0.1) is 10.2 Å². The summed E-state index contributed by atoms with van der Waals surface area (Å²) in [4.78, 5) is 26.1. The summed E-state index contributed by atoms with van der Waals surface area (Å²) >= 11 is 11.5. The molecule has 9 nitrogen and oxygen atoms in total. The van der Waals surface area contributed by atoms with Crippen molar-refractivity contribution in [2.24, 2.45) is 0 Å². The van der Waals surface area contributed by atoms with Gasteiger partial charge in [-0.25, -0.2) is 9.78 Å². The van der Waals surface area contributed by atoms with Crippen LogP contribution in [0, 0.1) is 10.1 Å². The van der Waals surface area contributed by atoms with E-state index in [1.54, 1.807) is 6.92 Å². The van der Waals surface area contributed by atoms with Crippen molar-refractivity contribution in [3.63, 3.8) is 0 Å². The van der Waals surface area contributed by atoms with Gasteiger partial charge in [0, 0.05) is 23.9 Å². The van der Waals surface area contributed by atoms with E-state index in [0.29, 0.717) is 5.56 Å². The first-order valence-electron chi connectivity index (χ1n) is 7.45. The molecular weight excluding hydrogens is 399 g/mol. The number of aromatic nitrogens is 3. The highest BCUT2D eigenvalue weighted by Crippen LogP contribution is 2.25. The Bertz CT molecular complexity index is 1010. The van der Waals surface area contributed by atoms with Gasteiger partial charge in [0.2, 0.25) is 5.89 Å². The van der Waals surface area contributed by atoms with E-state index in [1.807, 2.05) is 0 Å². The van der Waals surface area contributed by atoms with Crippen LogP contribution >= 0.6 is 23.2 Å². The normalized spacial score (nSPS) is 11.8. The summed E-state index contributed by atoms with van der Waals surface area (Å²) in [6, 6.07) is 6.93. The van der Waals surface area contributed by atoms with Crippen molar-refractivity contribution in [2.45, 2.75) is 13.0 Å². The Balaban J connectivity index is 1.72. The van der Waals surface area contributed by atoms with Crippen molar-refractivity contribution in [1.29, 1.82) is 0 Å². The quantitative estimate of drug-likeness (QED) is 0.265. The summed E-state index contributed by atoms with van der Waals surface area (Å²) in [5.41, 5.74) is 0.550. The highest BCUT2D eigenvalue weighted by molar-refractivity contribution is 6.41. The Kier molecular flexibility index (Phi) is 5.33. The van der Waals surface area contributed by atoms with E-state index in [2.05, 4.69) is 15.2 Å². The van der Waals surface area contributed by atoms with Gasteiger partial charge < -0.3 is 9.15 Å². The summed E-state index contributed by atoms with van der Waals surface area (Å²) in [6.07, 6.45) is 0.394. The smallest absolute Gasteiger partial charge is 0.340 e. The fourth-order valence-electron chi connectivity index (χ4n) is 2.05. The minimum absolute atomic E-state index is 0.0592. The maximum absolute atomic E-state index is 12.2. The van der Waals surface area contributed by atoms with E-state index in [4.69, 9.17) is 32.4 Å². The number of benzene rings is 1. The maximum Gasteiger partial charge on any atom is 0.340 e. The summed E-state index contributed by atoms with van der Waals surface area (Å²) in [6.45, 7) is 1.55. The molecule has 0 radical (unpaired) electrons. The lowest BCUT2D eigenvalue weighted by Gasteiger charge is -2.09. The number of ether oxygens (including phenoxy) is 1. The Labute approximate surface area is 162 Å². The fraction of sp³-hybridized carbons (Fsp3) is 0.125.